The van der Waals surface area contributed by atoms with Gasteiger partial charge in [-0.3, -0.25) is 14.3 Å². The molecule has 0 aliphatic rings. The Balaban J connectivity index is 1.88. The Morgan fingerprint density at radius 1 is 1.10 bits per heavy atom. The summed E-state index contributed by atoms with van der Waals surface area (Å²) in [6, 6.07) is 16.5. The first-order valence-corrected chi connectivity index (χ1v) is 14.3. The lowest BCUT2D eigenvalue weighted by molar-refractivity contribution is 0.358. The van der Waals surface area contributed by atoms with Crippen LogP contribution in [-0.4, -0.2) is 28.1 Å². The summed E-state index contributed by atoms with van der Waals surface area (Å²) in [6.45, 7) is 5.79. The SMILES string of the molecule is CCCCc1nc(=O)c(S(=O)(=O)c2ccc(-c3ccncc3C)cc2)c(O)n1C(CC)c1cccc(C#N)c1. The van der Waals surface area contributed by atoms with Gasteiger partial charge in [-0.1, -0.05) is 44.5 Å². The number of benzene rings is 2. The Morgan fingerprint density at radius 3 is 2.49 bits per heavy atom. The van der Waals surface area contributed by atoms with Gasteiger partial charge < -0.3 is 5.11 Å². The highest BCUT2D eigenvalue weighted by molar-refractivity contribution is 7.91. The van der Waals surface area contributed by atoms with Gasteiger partial charge in [0.05, 0.1) is 22.6 Å². The van der Waals surface area contributed by atoms with Gasteiger partial charge in [-0.2, -0.15) is 10.2 Å². The van der Waals surface area contributed by atoms with Crippen LogP contribution in [0.5, 0.6) is 5.88 Å². The third-order valence-corrected chi connectivity index (χ3v) is 8.54. The zero-order valence-corrected chi connectivity index (χ0v) is 22.9. The van der Waals surface area contributed by atoms with Crippen molar-refractivity contribution >= 4 is 9.84 Å². The van der Waals surface area contributed by atoms with E-state index < -0.39 is 32.2 Å². The lowest BCUT2D eigenvalue weighted by Crippen LogP contribution is -2.27. The molecule has 9 heteroatoms. The Hall–Kier alpha value is -4.29. The van der Waals surface area contributed by atoms with Crippen molar-refractivity contribution in [2.75, 3.05) is 0 Å². The second-order valence-electron chi connectivity index (χ2n) is 9.34. The van der Waals surface area contributed by atoms with Crippen LogP contribution in [0.15, 0.2) is 81.6 Å². The molecule has 1 atom stereocenters. The van der Waals surface area contributed by atoms with E-state index in [2.05, 4.69) is 16.0 Å². The summed E-state index contributed by atoms with van der Waals surface area (Å²) in [6.07, 6.45) is 5.75. The molecule has 0 saturated heterocycles. The molecule has 1 unspecified atom stereocenters. The van der Waals surface area contributed by atoms with E-state index in [1.54, 1.807) is 42.7 Å². The molecular formula is C30H30N4O4S. The summed E-state index contributed by atoms with van der Waals surface area (Å²) in [4.78, 5) is 20.5. The third-order valence-electron chi connectivity index (χ3n) is 6.75. The standard InChI is InChI=1S/C30H30N4O4S/c1-4-6-10-27-33-29(35)28(30(36)34(27)26(5-2)23-9-7-8-21(17-23)18-31)39(37,38)24-13-11-22(12-14-24)25-15-16-32-19-20(25)3/h7-9,11-17,19,26,36H,4-6,10H2,1-3H3. The van der Waals surface area contributed by atoms with Gasteiger partial charge >= 0.3 is 0 Å². The van der Waals surface area contributed by atoms with Gasteiger partial charge in [0.1, 0.15) is 5.82 Å². The van der Waals surface area contributed by atoms with E-state index in [1.165, 1.54) is 16.7 Å². The molecule has 2 heterocycles. The summed E-state index contributed by atoms with van der Waals surface area (Å²) >= 11 is 0. The number of pyridine rings is 1. The Morgan fingerprint density at radius 2 is 1.85 bits per heavy atom. The van der Waals surface area contributed by atoms with Crippen LogP contribution in [0.25, 0.3) is 11.1 Å². The maximum atomic E-state index is 13.7. The van der Waals surface area contributed by atoms with E-state index in [9.17, 15) is 23.6 Å². The van der Waals surface area contributed by atoms with Crippen LogP contribution < -0.4 is 5.56 Å². The molecule has 8 nitrogen and oxygen atoms in total. The maximum Gasteiger partial charge on any atom is 0.296 e. The fraction of sp³-hybridized carbons (Fsp3) is 0.267. The summed E-state index contributed by atoms with van der Waals surface area (Å²) in [7, 11) is -4.42. The van der Waals surface area contributed by atoms with E-state index >= 15 is 0 Å². The van der Waals surface area contributed by atoms with Crippen molar-refractivity contribution < 1.29 is 13.5 Å². The highest BCUT2D eigenvalue weighted by Crippen LogP contribution is 2.34. The van der Waals surface area contributed by atoms with Gasteiger partial charge in [-0.25, -0.2) is 8.42 Å². The first-order chi connectivity index (χ1) is 18.7. The van der Waals surface area contributed by atoms with Crippen LogP contribution in [0.1, 0.15) is 61.7 Å². The number of sulfone groups is 1. The van der Waals surface area contributed by atoms with Crippen molar-refractivity contribution in [1.29, 1.82) is 5.26 Å². The topological polar surface area (TPSA) is 126 Å². The molecule has 0 aliphatic heterocycles. The van der Waals surface area contributed by atoms with Crippen molar-refractivity contribution in [2.45, 2.75) is 62.3 Å². The van der Waals surface area contributed by atoms with Crippen LogP contribution in [0, 0.1) is 18.3 Å². The minimum Gasteiger partial charge on any atom is -0.493 e. The predicted octanol–water partition coefficient (Wildman–Crippen LogP) is 5.37. The summed E-state index contributed by atoms with van der Waals surface area (Å²) in [5.74, 6) is -0.347. The number of aromatic nitrogens is 3. The Kier molecular flexibility index (Phi) is 8.27. The molecule has 39 heavy (non-hydrogen) atoms. The highest BCUT2D eigenvalue weighted by Gasteiger charge is 2.32. The molecule has 1 N–H and O–H groups in total. The van der Waals surface area contributed by atoms with E-state index in [0.717, 1.165) is 23.1 Å². The van der Waals surface area contributed by atoms with E-state index in [0.29, 0.717) is 36.2 Å². The van der Waals surface area contributed by atoms with E-state index in [4.69, 9.17) is 0 Å². The molecule has 0 spiro atoms. The highest BCUT2D eigenvalue weighted by atomic mass is 32.2. The molecule has 2 aromatic heterocycles. The Bertz CT molecular complexity index is 1700. The first-order valence-electron chi connectivity index (χ1n) is 12.8. The van der Waals surface area contributed by atoms with Crippen LogP contribution >= 0.6 is 0 Å². The average Bonchev–Trinajstić information content (AvgIpc) is 2.94. The molecule has 0 bridgehead atoms. The van der Waals surface area contributed by atoms with Crippen molar-refractivity contribution in [1.82, 2.24) is 14.5 Å². The Labute approximate surface area is 228 Å². The largest absolute Gasteiger partial charge is 0.493 e. The molecule has 4 rings (SSSR count). The number of nitriles is 1. The van der Waals surface area contributed by atoms with Crippen molar-refractivity contribution in [2.24, 2.45) is 0 Å². The van der Waals surface area contributed by atoms with Crippen LogP contribution in [-0.2, 0) is 16.3 Å². The molecule has 2 aromatic carbocycles. The molecule has 0 saturated carbocycles. The normalized spacial score (nSPS) is 12.2. The van der Waals surface area contributed by atoms with Crippen molar-refractivity contribution in [3.63, 3.8) is 0 Å². The number of nitrogens with zero attached hydrogens (tertiary/aromatic N) is 4. The zero-order chi connectivity index (χ0) is 28.2. The van der Waals surface area contributed by atoms with Gasteiger partial charge in [0.2, 0.25) is 15.7 Å². The van der Waals surface area contributed by atoms with Gasteiger partial charge in [0.15, 0.2) is 4.90 Å². The van der Waals surface area contributed by atoms with Crippen LogP contribution in [0.4, 0.5) is 0 Å². The monoisotopic (exact) mass is 542 g/mol. The number of unbranched alkanes of at least 4 members (excludes halogenated alkanes) is 1. The number of hydrogen-bond donors (Lipinski definition) is 1. The van der Waals surface area contributed by atoms with Crippen molar-refractivity contribution in [3.8, 4) is 23.1 Å². The van der Waals surface area contributed by atoms with Gasteiger partial charge in [0.25, 0.3) is 5.56 Å². The van der Waals surface area contributed by atoms with E-state index in [1.807, 2.05) is 32.9 Å². The van der Waals surface area contributed by atoms with Gasteiger partial charge in [0, 0.05) is 18.8 Å². The molecule has 0 fully saturated rings. The van der Waals surface area contributed by atoms with Crippen LogP contribution in [0.3, 0.4) is 0 Å². The number of rotatable bonds is 9. The fourth-order valence-electron chi connectivity index (χ4n) is 4.73. The minimum atomic E-state index is -4.42. The summed E-state index contributed by atoms with van der Waals surface area (Å²) in [5, 5.41) is 20.9. The first kappa shape index (κ1) is 27.7. The molecule has 0 amide bonds. The van der Waals surface area contributed by atoms with Gasteiger partial charge in [-0.15, -0.1) is 0 Å². The fourth-order valence-corrected chi connectivity index (χ4v) is 6.08. The molecule has 200 valence electrons. The smallest absolute Gasteiger partial charge is 0.296 e. The number of aryl methyl sites for hydroxylation is 2. The third kappa shape index (κ3) is 5.47. The van der Waals surface area contributed by atoms with E-state index in [-0.39, 0.29) is 4.90 Å². The molecule has 4 aromatic rings. The summed E-state index contributed by atoms with van der Waals surface area (Å²) in [5.41, 5.74) is 2.79. The predicted molar refractivity (Wildman–Crippen MR) is 148 cm³/mol. The summed E-state index contributed by atoms with van der Waals surface area (Å²) < 4.78 is 28.9. The average molecular weight is 543 g/mol. The van der Waals surface area contributed by atoms with Crippen molar-refractivity contribution in [3.05, 3.63) is 99.9 Å². The number of hydrogen-bond acceptors (Lipinski definition) is 7. The maximum absolute atomic E-state index is 13.7. The number of aromatic hydroxyl groups is 1. The zero-order valence-electron chi connectivity index (χ0n) is 22.1. The minimum absolute atomic E-state index is 0.125. The molecule has 0 radical (unpaired) electrons. The second-order valence-corrected chi connectivity index (χ2v) is 11.2. The van der Waals surface area contributed by atoms with Gasteiger partial charge in [-0.05, 0) is 72.4 Å². The quantitative estimate of drug-likeness (QED) is 0.301. The molecular weight excluding hydrogens is 512 g/mol. The second kappa shape index (κ2) is 11.6. The van der Waals surface area contributed by atoms with Crippen LogP contribution in [0.2, 0.25) is 0 Å². The molecule has 0 aliphatic carbocycles. The lowest BCUT2D eigenvalue weighted by Gasteiger charge is -2.25. The lowest BCUT2D eigenvalue weighted by atomic mass is 10.0.